The van der Waals surface area contributed by atoms with Crippen LogP contribution in [0.15, 0.2) is 22.7 Å². The highest BCUT2D eigenvalue weighted by molar-refractivity contribution is 9.10. The van der Waals surface area contributed by atoms with Gasteiger partial charge in [-0.2, -0.15) is 11.8 Å². The molecule has 2 nitrogen and oxygen atoms in total. The third-order valence-electron chi connectivity index (χ3n) is 2.43. The molecule has 0 saturated heterocycles. The number of aryl methyl sites for hydroxylation is 1. The lowest BCUT2D eigenvalue weighted by Gasteiger charge is -2.06. The smallest absolute Gasteiger partial charge is 0.124 e. The topological polar surface area (TPSA) is 17.8 Å². The Kier molecular flexibility index (Phi) is 4.16. The molecule has 2 aromatic rings. The van der Waals surface area contributed by atoms with Gasteiger partial charge in [0.15, 0.2) is 0 Å². The second kappa shape index (κ2) is 5.43. The normalized spacial score (nSPS) is 11.2. The van der Waals surface area contributed by atoms with Gasteiger partial charge >= 0.3 is 0 Å². The van der Waals surface area contributed by atoms with Gasteiger partial charge in [-0.1, -0.05) is 15.9 Å². The third-order valence-corrected chi connectivity index (χ3v) is 3.75. The van der Waals surface area contributed by atoms with Crippen LogP contribution in [0.5, 0.6) is 0 Å². The number of aromatic nitrogens is 2. The molecule has 0 spiro atoms. The second-order valence-electron chi connectivity index (χ2n) is 3.44. The van der Waals surface area contributed by atoms with Crippen LogP contribution in [0.2, 0.25) is 0 Å². The molecule has 5 heteroatoms. The third kappa shape index (κ3) is 2.39. The van der Waals surface area contributed by atoms with E-state index in [0.717, 1.165) is 33.6 Å². The number of imidazole rings is 1. The number of benzene rings is 1. The first-order valence-corrected chi connectivity index (χ1v) is 7.68. The molecule has 1 aromatic carbocycles. The zero-order chi connectivity index (χ0) is 11.5. The van der Waals surface area contributed by atoms with Crippen molar-refractivity contribution in [1.82, 2.24) is 9.55 Å². The standard InChI is InChI=1S/C11H12BrClN2S/c1-16-5-4-15-10-6-8(12)2-3-9(10)14-11(15)7-13/h2-3,6H,4-5,7H2,1H3. The summed E-state index contributed by atoms with van der Waals surface area (Å²) < 4.78 is 3.27. The van der Waals surface area contributed by atoms with Gasteiger partial charge in [-0.15, -0.1) is 11.6 Å². The molecule has 2 rings (SSSR count). The predicted octanol–water partition coefficient (Wildman–Crippen LogP) is 3.90. The first kappa shape index (κ1) is 12.3. The molecule has 0 aliphatic heterocycles. The van der Waals surface area contributed by atoms with Crippen molar-refractivity contribution in [3.05, 3.63) is 28.5 Å². The fraction of sp³-hybridized carbons (Fsp3) is 0.364. The summed E-state index contributed by atoms with van der Waals surface area (Å²) in [7, 11) is 0. The lowest BCUT2D eigenvalue weighted by molar-refractivity contribution is 0.755. The highest BCUT2D eigenvalue weighted by Crippen LogP contribution is 2.22. The molecule has 0 bridgehead atoms. The van der Waals surface area contributed by atoms with E-state index in [1.165, 1.54) is 0 Å². The van der Waals surface area contributed by atoms with Crippen molar-refractivity contribution < 1.29 is 0 Å². The Morgan fingerprint density at radius 1 is 1.50 bits per heavy atom. The minimum absolute atomic E-state index is 0.459. The maximum atomic E-state index is 5.92. The summed E-state index contributed by atoms with van der Waals surface area (Å²) in [5.41, 5.74) is 2.17. The number of thioether (sulfide) groups is 1. The molecule has 0 aliphatic rings. The summed E-state index contributed by atoms with van der Waals surface area (Å²) in [6, 6.07) is 6.12. The van der Waals surface area contributed by atoms with Crippen LogP contribution in [0.4, 0.5) is 0 Å². The Labute approximate surface area is 113 Å². The first-order valence-electron chi connectivity index (χ1n) is 4.96. The van der Waals surface area contributed by atoms with Gasteiger partial charge in [-0.25, -0.2) is 4.98 Å². The Morgan fingerprint density at radius 3 is 3.00 bits per heavy atom. The van der Waals surface area contributed by atoms with Crippen LogP contribution < -0.4 is 0 Å². The predicted molar refractivity (Wildman–Crippen MR) is 75.4 cm³/mol. The molecule has 0 amide bonds. The Bertz CT molecular complexity index is 498. The van der Waals surface area contributed by atoms with Gasteiger partial charge in [0.05, 0.1) is 16.9 Å². The van der Waals surface area contributed by atoms with Gasteiger partial charge in [-0.3, -0.25) is 0 Å². The number of alkyl halides is 1. The van der Waals surface area contributed by atoms with Crippen molar-refractivity contribution in [3.8, 4) is 0 Å². The van der Waals surface area contributed by atoms with Crippen LogP contribution >= 0.6 is 39.3 Å². The van der Waals surface area contributed by atoms with Gasteiger partial charge in [0, 0.05) is 16.8 Å². The van der Waals surface area contributed by atoms with Gasteiger partial charge in [-0.05, 0) is 24.5 Å². The molecule has 0 fully saturated rings. The number of rotatable bonds is 4. The molecule has 0 saturated carbocycles. The second-order valence-corrected chi connectivity index (χ2v) is 5.61. The molecule has 0 atom stereocenters. The summed E-state index contributed by atoms with van der Waals surface area (Å²) in [5, 5.41) is 0. The maximum absolute atomic E-state index is 5.92. The van der Waals surface area contributed by atoms with Crippen LogP contribution in [-0.4, -0.2) is 21.6 Å². The summed E-state index contributed by atoms with van der Waals surface area (Å²) >= 11 is 11.2. The lowest BCUT2D eigenvalue weighted by Crippen LogP contribution is -2.04. The van der Waals surface area contributed by atoms with Gasteiger partial charge in [0.25, 0.3) is 0 Å². The molecule has 0 radical (unpaired) electrons. The summed E-state index contributed by atoms with van der Waals surface area (Å²) in [4.78, 5) is 4.53. The molecule has 0 N–H and O–H groups in total. The Hall–Kier alpha value is -0.190. The van der Waals surface area contributed by atoms with Crippen molar-refractivity contribution >= 4 is 50.3 Å². The quantitative estimate of drug-likeness (QED) is 0.795. The van der Waals surface area contributed by atoms with E-state index >= 15 is 0 Å². The van der Waals surface area contributed by atoms with Crippen molar-refractivity contribution in [2.24, 2.45) is 0 Å². The van der Waals surface area contributed by atoms with Gasteiger partial charge in [0.2, 0.25) is 0 Å². The molecule has 1 heterocycles. The molecular weight excluding hydrogens is 308 g/mol. The van der Waals surface area contributed by atoms with Crippen LogP contribution in [0.25, 0.3) is 11.0 Å². The summed E-state index contributed by atoms with van der Waals surface area (Å²) in [6.45, 7) is 0.955. The number of halogens is 2. The van der Waals surface area contributed by atoms with E-state index in [4.69, 9.17) is 11.6 Å². The van der Waals surface area contributed by atoms with Crippen LogP contribution in [0.3, 0.4) is 0 Å². The van der Waals surface area contributed by atoms with Crippen molar-refractivity contribution in [1.29, 1.82) is 0 Å². The highest BCUT2D eigenvalue weighted by atomic mass is 79.9. The summed E-state index contributed by atoms with van der Waals surface area (Å²) in [6.07, 6.45) is 2.11. The van der Waals surface area contributed by atoms with Crippen LogP contribution in [0.1, 0.15) is 5.82 Å². The zero-order valence-electron chi connectivity index (χ0n) is 8.91. The Morgan fingerprint density at radius 2 is 2.31 bits per heavy atom. The van der Waals surface area contributed by atoms with E-state index in [2.05, 4.69) is 37.8 Å². The first-order chi connectivity index (χ1) is 7.76. The fourth-order valence-corrected chi connectivity index (χ4v) is 2.60. The SMILES string of the molecule is CSCCn1c(CCl)nc2ccc(Br)cc21. The fourth-order valence-electron chi connectivity index (χ4n) is 1.68. The van der Waals surface area contributed by atoms with Crippen LogP contribution in [0, 0.1) is 0 Å². The molecule has 16 heavy (non-hydrogen) atoms. The monoisotopic (exact) mass is 318 g/mol. The molecule has 1 aromatic heterocycles. The van der Waals surface area contributed by atoms with Crippen molar-refractivity contribution in [2.45, 2.75) is 12.4 Å². The number of fused-ring (bicyclic) bond motifs is 1. The molecule has 86 valence electrons. The van der Waals surface area contributed by atoms with E-state index in [-0.39, 0.29) is 0 Å². The van der Waals surface area contributed by atoms with Gasteiger partial charge in [0.1, 0.15) is 5.82 Å². The highest BCUT2D eigenvalue weighted by Gasteiger charge is 2.09. The zero-order valence-corrected chi connectivity index (χ0v) is 12.1. The molecular formula is C11H12BrClN2S. The van der Waals surface area contributed by atoms with Gasteiger partial charge < -0.3 is 4.57 Å². The van der Waals surface area contributed by atoms with E-state index < -0.39 is 0 Å². The number of hydrogen-bond donors (Lipinski definition) is 0. The van der Waals surface area contributed by atoms with Crippen LogP contribution in [-0.2, 0) is 12.4 Å². The molecule has 0 aliphatic carbocycles. The van der Waals surface area contributed by atoms with E-state index in [9.17, 15) is 0 Å². The number of nitrogens with zero attached hydrogens (tertiary/aromatic N) is 2. The van der Waals surface area contributed by atoms with E-state index in [1.807, 2.05) is 23.9 Å². The molecule has 0 unspecified atom stereocenters. The van der Waals surface area contributed by atoms with Crippen molar-refractivity contribution in [2.75, 3.05) is 12.0 Å². The maximum Gasteiger partial charge on any atom is 0.124 e. The van der Waals surface area contributed by atoms with Crippen molar-refractivity contribution in [3.63, 3.8) is 0 Å². The summed E-state index contributed by atoms with van der Waals surface area (Å²) in [5.74, 6) is 2.48. The minimum atomic E-state index is 0.459. The number of hydrogen-bond acceptors (Lipinski definition) is 2. The van der Waals surface area contributed by atoms with E-state index in [0.29, 0.717) is 5.88 Å². The minimum Gasteiger partial charge on any atom is -0.326 e. The largest absolute Gasteiger partial charge is 0.326 e. The Balaban J connectivity index is 2.52. The average molecular weight is 320 g/mol. The average Bonchev–Trinajstić information content (AvgIpc) is 2.63. The lowest BCUT2D eigenvalue weighted by atomic mass is 10.3. The van der Waals surface area contributed by atoms with E-state index in [1.54, 1.807) is 0 Å².